The molecule has 1 atom stereocenters. The minimum Gasteiger partial charge on any atom is -0.287 e. The van der Waals surface area contributed by atoms with Crippen molar-refractivity contribution in [3.8, 4) is 0 Å². The predicted molar refractivity (Wildman–Crippen MR) is 65.1 cm³/mol. The van der Waals surface area contributed by atoms with Crippen LogP contribution < -0.4 is 0 Å². The van der Waals surface area contributed by atoms with Gasteiger partial charge in [-0.3, -0.25) is 4.67 Å². The number of hydrogen-bond donors (Lipinski definition) is 0. The van der Waals surface area contributed by atoms with Gasteiger partial charge in [-0.2, -0.15) is 0 Å². The van der Waals surface area contributed by atoms with Crippen molar-refractivity contribution in [2.24, 2.45) is 5.41 Å². The van der Waals surface area contributed by atoms with Crippen molar-refractivity contribution in [2.45, 2.75) is 32.6 Å². The number of nitrogens with zero attached hydrogens (tertiary/aromatic N) is 1. The average molecular weight is 209 g/mol. The lowest BCUT2D eigenvalue weighted by atomic mass is 9.71. The van der Waals surface area contributed by atoms with Gasteiger partial charge in [-0.25, -0.2) is 0 Å². The molecule has 1 spiro atoms. The maximum absolute atomic E-state index is 2.82. The highest BCUT2D eigenvalue weighted by Crippen LogP contribution is 2.42. The standard InChI is InChI=1S/C12H20NP/c1-2-11-3-5-12(6-4-11)7-9-13(14)10-8-12/h2-3,5H,4,6-10,14H2,1H3/b11-2-. The first kappa shape index (κ1) is 10.4. The summed E-state index contributed by atoms with van der Waals surface area (Å²) in [5.74, 6) is 0. The molecule has 2 rings (SSSR count). The molecule has 0 amide bonds. The van der Waals surface area contributed by atoms with Gasteiger partial charge in [-0.15, -0.1) is 0 Å². The Morgan fingerprint density at radius 2 is 2.07 bits per heavy atom. The van der Waals surface area contributed by atoms with Crippen LogP contribution in [0.5, 0.6) is 0 Å². The van der Waals surface area contributed by atoms with E-state index in [1.165, 1.54) is 44.3 Å². The molecule has 1 heterocycles. The predicted octanol–water partition coefficient (Wildman–Crippen LogP) is 3.16. The van der Waals surface area contributed by atoms with Crippen molar-refractivity contribution in [3.63, 3.8) is 0 Å². The topological polar surface area (TPSA) is 3.24 Å². The fraction of sp³-hybridized carbons (Fsp3) is 0.667. The molecule has 0 N–H and O–H groups in total. The van der Waals surface area contributed by atoms with Gasteiger partial charge in [0.1, 0.15) is 0 Å². The van der Waals surface area contributed by atoms with Gasteiger partial charge in [0.25, 0.3) is 0 Å². The zero-order valence-electron chi connectivity index (χ0n) is 9.00. The third-order valence-corrected chi connectivity index (χ3v) is 4.24. The van der Waals surface area contributed by atoms with Gasteiger partial charge in [0.05, 0.1) is 0 Å². The van der Waals surface area contributed by atoms with Crippen LogP contribution in [-0.2, 0) is 0 Å². The van der Waals surface area contributed by atoms with Crippen molar-refractivity contribution >= 4 is 9.39 Å². The van der Waals surface area contributed by atoms with E-state index in [0.29, 0.717) is 5.41 Å². The number of allylic oxidation sites excluding steroid dienone is 4. The van der Waals surface area contributed by atoms with Gasteiger partial charge >= 0.3 is 0 Å². The average Bonchev–Trinajstić information content (AvgIpc) is 2.24. The van der Waals surface area contributed by atoms with Crippen LogP contribution in [0, 0.1) is 5.41 Å². The number of hydrogen-bond acceptors (Lipinski definition) is 1. The fourth-order valence-electron chi connectivity index (χ4n) is 2.47. The molecule has 1 fully saturated rings. The smallest absolute Gasteiger partial charge is 0.00244 e. The lowest BCUT2D eigenvalue weighted by molar-refractivity contribution is 0.198. The van der Waals surface area contributed by atoms with E-state index in [-0.39, 0.29) is 0 Å². The highest BCUT2D eigenvalue weighted by atomic mass is 31.0. The van der Waals surface area contributed by atoms with Gasteiger partial charge in [-0.1, -0.05) is 33.2 Å². The second kappa shape index (κ2) is 4.16. The Kier molecular flexibility index (Phi) is 3.09. The van der Waals surface area contributed by atoms with E-state index in [1.54, 1.807) is 0 Å². The van der Waals surface area contributed by atoms with Crippen LogP contribution in [0.3, 0.4) is 0 Å². The van der Waals surface area contributed by atoms with Crippen LogP contribution in [0.15, 0.2) is 23.8 Å². The molecular formula is C12H20NP. The Bertz CT molecular complexity index is 259. The Hall–Kier alpha value is -0.130. The number of piperidine rings is 1. The van der Waals surface area contributed by atoms with Gasteiger partial charge in [0, 0.05) is 13.1 Å². The van der Waals surface area contributed by atoms with Gasteiger partial charge in [-0.05, 0) is 38.0 Å². The van der Waals surface area contributed by atoms with Gasteiger partial charge in [0.2, 0.25) is 0 Å². The van der Waals surface area contributed by atoms with E-state index in [9.17, 15) is 0 Å². The zero-order valence-corrected chi connectivity index (χ0v) is 10.2. The van der Waals surface area contributed by atoms with Crippen LogP contribution in [0.25, 0.3) is 0 Å². The molecule has 0 saturated carbocycles. The summed E-state index contributed by atoms with van der Waals surface area (Å²) in [4.78, 5) is 0. The molecule has 78 valence electrons. The molecule has 0 bridgehead atoms. The second-order valence-corrected chi connectivity index (χ2v) is 5.33. The van der Waals surface area contributed by atoms with Crippen molar-refractivity contribution in [1.29, 1.82) is 0 Å². The summed E-state index contributed by atoms with van der Waals surface area (Å²) >= 11 is 0. The highest BCUT2D eigenvalue weighted by Gasteiger charge is 2.32. The molecule has 0 aromatic carbocycles. The van der Waals surface area contributed by atoms with Crippen molar-refractivity contribution < 1.29 is 0 Å². The molecule has 1 nitrogen and oxygen atoms in total. The van der Waals surface area contributed by atoms with Gasteiger partial charge in [0.15, 0.2) is 0 Å². The Labute approximate surface area is 89.5 Å². The quantitative estimate of drug-likeness (QED) is 0.554. The second-order valence-electron chi connectivity index (χ2n) is 4.60. The third-order valence-electron chi connectivity index (χ3n) is 3.73. The third kappa shape index (κ3) is 2.10. The van der Waals surface area contributed by atoms with Crippen molar-refractivity contribution in [2.75, 3.05) is 13.1 Å². The summed E-state index contributed by atoms with van der Waals surface area (Å²) < 4.78 is 2.37. The largest absolute Gasteiger partial charge is 0.287 e. The Morgan fingerprint density at radius 3 is 2.57 bits per heavy atom. The normalized spacial score (nSPS) is 30.0. The molecule has 0 aromatic rings. The molecule has 0 radical (unpaired) electrons. The lowest BCUT2D eigenvalue weighted by Crippen LogP contribution is -2.35. The summed E-state index contributed by atoms with van der Waals surface area (Å²) in [5.41, 5.74) is 2.06. The van der Waals surface area contributed by atoms with Crippen molar-refractivity contribution in [3.05, 3.63) is 23.8 Å². The summed E-state index contributed by atoms with van der Waals surface area (Å²) in [7, 11) is 2.82. The molecule has 0 aromatic heterocycles. The first-order valence-electron chi connectivity index (χ1n) is 5.58. The summed E-state index contributed by atoms with van der Waals surface area (Å²) in [6, 6.07) is 0. The molecular weight excluding hydrogens is 189 g/mol. The van der Waals surface area contributed by atoms with E-state index in [2.05, 4.69) is 39.2 Å². The molecule has 1 saturated heterocycles. The summed E-state index contributed by atoms with van der Waals surface area (Å²) in [6.07, 6.45) is 12.4. The Morgan fingerprint density at radius 1 is 1.36 bits per heavy atom. The molecule has 2 heteroatoms. The minimum atomic E-state index is 0.541. The highest BCUT2D eigenvalue weighted by molar-refractivity contribution is 7.13. The van der Waals surface area contributed by atoms with E-state index in [0.717, 1.165) is 0 Å². The maximum atomic E-state index is 2.82. The SMILES string of the molecule is C/C=C1/C=CC2(CC1)CCN(P)CC2. The van der Waals surface area contributed by atoms with E-state index < -0.39 is 0 Å². The minimum absolute atomic E-state index is 0.541. The first-order chi connectivity index (χ1) is 6.74. The maximum Gasteiger partial charge on any atom is 0.00244 e. The first-order valence-corrected chi connectivity index (χ1v) is 6.10. The van der Waals surface area contributed by atoms with E-state index >= 15 is 0 Å². The molecule has 1 aliphatic heterocycles. The molecule has 14 heavy (non-hydrogen) atoms. The van der Waals surface area contributed by atoms with Crippen LogP contribution >= 0.6 is 9.39 Å². The fourth-order valence-corrected chi connectivity index (χ4v) is 2.73. The van der Waals surface area contributed by atoms with Crippen LogP contribution in [0.4, 0.5) is 0 Å². The molecule has 2 aliphatic rings. The Balaban J connectivity index is 2.05. The van der Waals surface area contributed by atoms with Gasteiger partial charge < -0.3 is 0 Å². The lowest BCUT2D eigenvalue weighted by Gasteiger charge is -2.40. The van der Waals surface area contributed by atoms with Crippen molar-refractivity contribution in [1.82, 2.24) is 4.67 Å². The summed E-state index contributed by atoms with van der Waals surface area (Å²) in [5, 5.41) is 0. The van der Waals surface area contributed by atoms with E-state index in [4.69, 9.17) is 0 Å². The molecule has 1 aliphatic carbocycles. The van der Waals surface area contributed by atoms with E-state index in [1.807, 2.05) is 0 Å². The molecule has 1 unspecified atom stereocenters. The zero-order chi connectivity index (χ0) is 10.0. The van der Waals surface area contributed by atoms with Crippen LogP contribution in [0.1, 0.15) is 32.6 Å². The van der Waals surface area contributed by atoms with Crippen LogP contribution in [0.2, 0.25) is 0 Å². The monoisotopic (exact) mass is 209 g/mol. The number of rotatable bonds is 0. The van der Waals surface area contributed by atoms with Crippen LogP contribution in [-0.4, -0.2) is 17.8 Å². The summed E-state index contributed by atoms with van der Waals surface area (Å²) in [6.45, 7) is 4.61.